The topological polar surface area (TPSA) is 88.2 Å². The third kappa shape index (κ3) is 4.19. The summed E-state index contributed by atoms with van der Waals surface area (Å²) in [7, 11) is -3.75. The molecule has 0 unspecified atom stereocenters. The number of nitriles is 2. The summed E-state index contributed by atoms with van der Waals surface area (Å²) < 4.78 is 65.4. The van der Waals surface area contributed by atoms with Crippen molar-refractivity contribution in [3.63, 3.8) is 0 Å². The van der Waals surface area contributed by atoms with Crippen LogP contribution in [0.5, 0.6) is 0 Å². The molecule has 2 aromatic carbocycles. The molecule has 2 aromatic rings. The monoisotopic (exact) mass is 420 g/mol. The number of halogens is 3. The molecule has 150 valence electrons. The normalized spacial score (nSPS) is 15.6. The Bertz CT molecular complexity index is 1090. The average molecular weight is 420 g/mol. The van der Waals surface area contributed by atoms with Crippen molar-refractivity contribution in [1.29, 1.82) is 10.5 Å². The molecule has 6 nitrogen and oxygen atoms in total. The highest BCUT2D eigenvalue weighted by atomic mass is 32.2. The average Bonchev–Trinajstić information content (AvgIpc) is 2.72. The number of anilines is 1. The SMILES string of the molecule is N#Cc1ccc(S(=O)(=O)N2CCN(c3ccc(C(F)(F)F)cc3C#N)CC2)cc1. The summed E-state index contributed by atoms with van der Waals surface area (Å²) in [5, 5.41) is 18.1. The van der Waals surface area contributed by atoms with Crippen molar-refractivity contribution in [2.45, 2.75) is 11.1 Å². The fourth-order valence-corrected chi connectivity index (χ4v) is 4.52. The Hall–Kier alpha value is -3.08. The smallest absolute Gasteiger partial charge is 0.368 e. The van der Waals surface area contributed by atoms with Crippen molar-refractivity contribution >= 4 is 15.7 Å². The van der Waals surface area contributed by atoms with Gasteiger partial charge in [-0.25, -0.2) is 8.42 Å². The zero-order valence-electron chi connectivity index (χ0n) is 15.0. The zero-order valence-corrected chi connectivity index (χ0v) is 15.8. The number of hydrogen-bond acceptors (Lipinski definition) is 5. The quantitative estimate of drug-likeness (QED) is 0.762. The van der Waals surface area contributed by atoms with Gasteiger partial charge in [0.25, 0.3) is 0 Å². The van der Waals surface area contributed by atoms with Crippen LogP contribution in [-0.4, -0.2) is 38.9 Å². The molecule has 0 saturated carbocycles. The molecule has 10 heteroatoms. The van der Waals surface area contributed by atoms with E-state index in [1.807, 2.05) is 6.07 Å². The van der Waals surface area contributed by atoms with E-state index in [9.17, 15) is 26.9 Å². The highest BCUT2D eigenvalue weighted by molar-refractivity contribution is 7.89. The summed E-state index contributed by atoms with van der Waals surface area (Å²) in [6, 6.07) is 12.2. The zero-order chi connectivity index (χ0) is 21.2. The second-order valence-corrected chi connectivity index (χ2v) is 8.31. The van der Waals surface area contributed by atoms with Gasteiger partial charge in [-0.3, -0.25) is 0 Å². The minimum atomic E-state index is -4.54. The Morgan fingerprint density at radius 2 is 1.52 bits per heavy atom. The van der Waals surface area contributed by atoms with Gasteiger partial charge < -0.3 is 4.90 Å². The number of sulfonamides is 1. The van der Waals surface area contributed by atoms with Gasteiger partial charge in [-0.15, -0.1) is 0 Å². The van der Waals surface area contributed by atoms with Gasteiger partial charge in [0.15, 0.2) is 0 Å². The maximum atomic E-state index is 12.9. The van der Waals surface area contributed by atoms with E-state index in [1.165, 1.54) is 34.6 Å². The van der Waals surface area contributed by atoms with E-state index in [0.717, 1.165) is 12.1 Å². The Morgan fingerprint density at radius 1 is 0.897 bits per heavy atom. The van der Waals surface area contributed by atoms with E-state index < -0.39 is 21.8 Å². The first-order chi connectivity index (χ1) is 13.7. The number of hydrogen-bond donors (Lipinski definition) is 0. The van der Waals surface area contributed by atoms with Crippen molar-refractivity contribution < 1.29 is 21.6 Å². The van der Waals surface area contributed by atoms with E-state index >= 15 is 0 Å². The van der Waals surface area contributed by atoms with Gasteiger partial charge in [0, 0.05) is 26.2 Å². The number of piperazine rings is 1. The first kappa shape index (κ1) is 20.6. The van der Waals surface area contributed by atoms with Crippen LogP contribution in [0.3, 0.4) is 0 Å². The maximum absolute atomic E-state index is 12.9. The van der Waals surface area contributed by atoms with E-state index in [2.05, 4.69) is 0 Å². The molecule has 0 spiro atoms. The molecule has 3 rings (SSSR count). The lowest BCUT2D eigenvalue weighted by Gasteiger charge is -2.35. The van der Waals surface area contributed by atoms with E-state index in [0.29, 0.717) is 11.3 Å². The number of nitrogens with zero attached hydrogens (tertiary/aromatic N) is 4. The summed E-state index contributed by atoms with van der Waals surface area (Å²) in [5.41, 5.74) is -0.320. The summed E-state index contributed by atoms with van der Waals surface area (Å²) >= 11 is 0. The molecular formula is C19H15F3N4O2S. The van der Waals surface area contributed by atoms with Gasteiger partial charge >= 0.3 is 6.18 Å². The van der Waals surface area contributed by atoms with Crippen molar-refractivity contribution in [3.8, 4) is 12.1 Å². The van der Waals surface area contributed by atoms with Gasteiger partial charge in [0.05, 0.1) is 33.3 Å². The molecular weight excluding hydrogens is 405 g/mol. The Balaban J connectivity index is 1.77. The van der Waals surface area contributed by atoms with Crippen LogP contribution < -0.4 is 4.90 Å². The molecule has 0 N–H and O–H groups in total. The van der Waals surface area contributed by atoms with Gasteiger partial charge in [-0.1, -0.05) is 0 Å². The molecule has 1 saturated heterocycles. The van der Waals surface area contributed by atoms with Crippen LogP contribution in [0.2, 0.25) is 0 Å². The second kappa shape index (κ2) is 7.74. The molecule has 0 radical (unpaired) electrons. The summed E-state index contributed by atoms with van der Waals surface area (Å²) in [4.78, 5) is 1.76. The fraction of sp³-hybridized carbons (Fsp3) is 0.263. The van der Waals surface area contributed by atoms with Crippen molar-refractivity contribution in [3.05, 3.63) is 59.2 Å². The molecule has 0 bridgehead atoms. The van der Waals surface area contributed by atoms with E-state index in [1.54, 1.807) is 11.0 Å². The van der Waals surface area contributed by atoms with Crippen molar-refractivity contribution in [2.24, 2.45) is 0 Å². The lowest BCUT2D eigenvalue weighted by molar-refractivity contribution is -0.137. The van der Waals surface area contributed by atoms with E-state index in [-0.39, 0.29) is 36.6 Å². The van der Waals surface area contributed by atoms with Crippen molar-refractivity contribution in [1.82, 2.24) is 4.31 Å². The number of rotatable bonds is 3. The van der Waals surface area contributed by atoms with Crippen LogP contribution in [0.1, 0.15) is 16.7 Å². The number of alkyl halides is 3. The molecule has 1 aliphatic heterocycles. The molecule has 0 aliphatic carbocycles. The standard InChI is InChI=1S/C19H15F3N4O2S/c20-19(21,22)16-3-6-18(15(11-16)13-24)25-7-9-26(10-8-25)29(27,28)17-4-1-14(12-23)2-5-17/h1-6,11H,7-10H2. The molecule has 29 heavy (non-hydrogen) atoms. The predicted molar refractivity (Wildman–Crippen MR) is 98.3 cm³/mol. The molecule has 1 heterocycles. The summed E-state index contributed by atoms with van der Waals surface area (Å²) in [6.07, 6.45) is -4.54. The molecule has 0 aromatic heterocycles. The third-order valence-electron chi connectivity index (χ3n) is 4.64. The summed E-state index contributed by atoms with van der Waals surface area (Å²) in [5.74, 6) is 0. The highest BCUT2D eigenvalue weighted by Crippen LogP contribution is 2.33. The first-order valence-electron chi connectivity index (χ1n) is 8.53. The Labute approximate surface area is 166 Å². The van der Waals surface area contributed by atoms with Crippen molar-refractivity contribution in [2.75, 3.05) is 31.1 Å². The van der Waals surface area contributed by atoms with Gasteiger partial charge in [-0.2, -0.15) is 28.0 Å². The second-order valence-electron chi connectivity index (χ2n) is 6.37. The number of benzene rings is 2. The van der Waals surface area contributed by atoms with Crippen LogP contribution in [0, 0.1) is 22.7 Å². The third-order valence-corrected chi connectivity index (χ3v) is 6.56. The largest absolute Gasteiger partial charge is 0.416 e. The van der Waals surface area contributed by atoms with Gasteiger partial charge in [0.1, 0.15) is 6.07 Å². The fourth-order valence-electron chi connectivity index (χ4n) is 3.10. The lowest BCUT2D eigenvalue weighted by Crippen LogP contribution is -2.48. The van der Waals surface area contributed by atoms with Crippen LogP contribution in [0.25, 0.3) is 0 Å². The van der Waals surface area contributed by atoms with Crippen LogP contribution in [0.4, 0.5) is 18.9 Å². The predicted octanol–water partition coefficient (Wildman–Crippen LogP) is 2.96. The van der Waals surface area contributed by atoms with Crippen LogP contribution in [-0.2, 0) is 16.2 Å². The minimum absolute atomic E-state index is 0.0668. The molecule has 1 fully saturated rings. The van der Waals surface area contributed by atoms with Gasteiger partial charge in [-0.05, 0) is 42.5 Å². The Kier molecular flexibility index (Phi) is 5.51. The Morgan fingerprint density at radius 3 is 2.03 bits per heavy atom. The van der Waals surface area contributed by atoms with Gasteiger partial charge in [0.2, 0.25) is 10.0 Å². The van der Waals surface area contributed by atoms with Crippen LogP contribution >= 0.6 is 0 Å². The van der Waals surface area contributed by atoms with Crippen LogP contribution in [0.15, 0.2) is 47.4 Å². The summed E-state index contributed by atoms with van der Waals surface area (Å²) in [6.45, 7) is 0.702. The highest BCUT2D eigenvalue weighted by Gasteiger charge is 2.33. The molecule has 0 amide bonds. The lowest BCUT2D eigenvalue weighted by atomic mass is 10.1. The molecule has 1 aliphatic rings. The van der Waals surface area contributed by atoms with E-state index in [4.69, 9.17) is 5.26 Å². The molecule has 0 atom stereocenters. The first-order valence-corrected chi connectivity index (χ1v) is 9.97. The maximum Gasteiger partial charge on any atom is 0.416 e. The minimum Gasteiger partial charge on any atom is -0.368 e.